The molecule has 0 saturated heterocycles. The number of nitro groups is 1. The van der Waals surface area contributed by atoms with Crippen LogP contribution in [0.2, 0.25) is 6.32 Å². The third-order valence-electron chi connectivity index (χ3n) is 1.77. The number of nitrogens with zero attached hydrogens (tertiary/aromatic N) is 1. The van der Waals surface area contributed by atoms with Crippen LogP contribution in [0.4, 0.5) is 5.69 Å². The highest BCUT2D eigenvalue weighted by atomic mass is 16.6. The molecular weight excluding hydrogens is 181 g/mol. The van der Waals surface area contributed by atoms with E-state index in [-0.39, 0.29) is 5.69 Å². The predicted molar refractivity (Wildman–Crippen MR) is 56.7 cm³/mol. The Hall–Kier alpha value is -1.52. The van der Waals surface area contributed by atoms with Crippen molar-refractivity contribution in [1.82, 2.24) is 0 Å². The first-order valence-electron chi connectivity index (χ1n) is 4.53. The molecule has 0 aliphatic rings. The van der Waals surface area contributed by atoms with Gasteiger partial charge < -0.3 is 4.74 Å². The minimum absolute atomic E-state index is 0.0315. The van der Waals surface area contributed by atoms with Gasteiger partial charge in [0.05, 0.1) is 11.5 Å². The van der Waals surface area contributed by atoms with Gasteiger partial charge in [-0.15, -0.1) is 0 Å². The molecule has 4 nitrogen and oxygen atoms in total. The van der Waals surface area contributed by atoms with E-state index in [9.17, 15) is 10.1 Å². The van der Waals surface area contributed by atoms with E-state index in [0.29, 0.717) is 12.4 Å². The number of aryl methyl sites for hydroxylation is 1. The van der Waals surface area contributed by atoms with Crippen LogP contribution in [0.5, 0.6) is 5.75 Å². The lowest BCUT2D eigenvalue weighted by molar-refractivity contribution is -0.385. The summed E-state index contributed by atoms with van der Waals surface area (Å²) in [5.41, 5.74) is 0.991. The van der Waals surface area contributed by atoms with E-state index in [1.165, 1.54) is 6.07 Å². The Morgan fingerprint density at radius 1 is 1.57 bits per heavy atom. The van der Waals surface area contributed by atoms with Crippen LogP contribution in [-0.4, -0.2) is 19.4 Å². The molecule has 0 fully saturated rings. The van der Waals surface area contributed by atoms with Crippen molar-refractivity contribution in [3.05, 3.63) is 33.9 Å². The smallest absolute Gasteiger partial charge is 0.310 e. The summed E-state index contributed by atoms with van der Waals surface area (Å²) in [5, 5.41) is 10.6. The van der Waals surface area contributed by atoms with Crippen LogP contribution < -0.4 is 4.74 Å². The zero-order valence-corrected chi connectivity index (χ0v) is 8.32. The van der Waals surface area contributed by atoms with Gasteiger partial charge in [0.1, 0.15) is 7.85 Å². The van der Waals surface area contributed by atoms with Crippen molar-refractivity contribution >= 4 is 13.5 Å². The van der Waals surface area contributed by atoms with Gasteiger partial charge in [0.2, 0.25) is 0 Å². The van der Waals surface area contributed by atoms with E-state index in [2.05, 4.69) is 0 Å². The van der Waals surface area contributed by atoms with Crippen molar-refractivity contribution in [2.75, 3.05) is 6.61 Å². The maximum atomic E-state index is 10.6. The molecule has 0 aliphatic carbocycles. The molecule has 0 bridgehead atoms. The molecule has 0 spiro atoms. The second kappa shape index (κ2) is 4.65. The van der Waals surface area contributed by atoms with Crippen LogP contribution in [0.3, 0.4) is 0 Å². The van der Waals surface area contributed by atoms with Gasteiger partial charge in [-0.2, -0.15) is 0 Å². The Kier molecular flexibility index (Phi) is 3.51. The molecule has 0 atom stereocenters. The summed E-state index contributed by atoms with van der Waals surface area (Å²) in [7, 11) is 1.96. The van der Waals surface area contributed by atoms with Gasteiger partial charge >= 0.3 is 5.69 Å². The van der Waals surface area contributed by atoms with E-state index in [0.717, 1.165) is 11.9 Å². The van der Waals surface area contributed by atoms with Crippen molar-refractivity contribution in [3.63, 3.8) is 0 Å². The standard InChI is InChI=1S/C9H12BNO3/c1-7-2-3-8(11(12)13)9(6-7)14-5-4-10/h2-3,6H,4-5,10H2,1H3. The van der Waals surface area contributed by atoms with Gasteiger partial charge in [0.25, 0.3) is 0 Å². The summed E-state index contributed by atoms with van der Waals surface area (Å²) in [6, 6.07) is 4.87. The number of hydrogen-bond donors (Lipinski definition) is 0. The van der Waals surface area contributed by atoms with Gasteiger partial charge in [-0.05, 0) is 24.9 Å². The Morgan fingerprint density at radius 3 is 2.86 bits per heavy atom. The Bertz CT molecular complexity index is 341. The highest BCUT2D eigenvalue weighted by Gasteiger charge is 2.13. The molecule has 0 radical (unpaired) electrons. The molecule has 0 heterocycles. The second-order valence-corrected chi connectivity index (χ2v) is 3.08. The molecule has 0 saturated carbocycles. The lowest BCUT2D eigenvalue weighted by Crippen LogP contribution is -2.00. The van der Waals surface area contributed by atoms with Crippen LogP contribution in [-0.2, 0) is 0 Å². The number of rotatable bonds is 4. The van der Waals surface area contributed by atoms with E-state index < -0.39 is 4.92 Å². The fourth-order valence-electron chi connectivity index (χ4n) is 1.10. The average Bonchev–Trinajstić information content (AvgIpc) is 2.14. The quantitative estimate of drug-likeness (QED) is 0.411. The van der Waals surface area contributed by atoms with Crippen molar-refractivity contribution in [2.45, 2.75) is 13.2 Å². The summed E-state index contributed by atoms with van der Waals surface area (Å²) in [6.45, 7) is 2.38. The fraction of sp³-hybridized carbons (Fsp3) is 0.333. The largest absolute Gasteiger partial charge is 0.488 e. The normalized spacial score (nSPS) is 9.79. The van der Waals surface area contributed by atoms with Gasteiger partial charge in [-0.3, -0.25) is 10.1 Å². The molecule has 0 aromatic heterocycles. The van der Waals surface area contributed by atoms with Crippen LogP contribution in [0, 0.1) is 17.0 Å². The third-order valence-corrected chi connectivity index (χ3v) is 1.77. The zero-order valence-electron chi connectivity index (χ0n) is 8.32. The molecule has 0 amide bonds. The topological polar surface area (TPSA) is 52.4 Å². The lowest BCUT2D eigenvalue weighted by Gasteiger charge is -2.05. The fourth-order valence-corrected chi connectivity index (χ4v) is 1.10. The maximum absolute atomic E-state index is 10.6. The van der Waals surface area contributed by atoms with E-state index in [1.54, 1.807) is 12.1 Å². The van der Waals surface area contributed by atoms with Crippen molar-refractivity contribution in [1.29, 1.82) is 0 Å². The van der Waals surface area contributed by atoms with Crippen molar-refractivity contribution in [3.8, 4) is 5.75 Å². The first-order chi connectivity index (χ1) is 6.65. The monoisotopic (exact) mass is 193 g/mol. The maximum Gasteiger partial charge on any atom is 0.310 e. The minimum atomic E-state index is -0.426. The summed E-state index contributed by atoms with van der Waals surface area (Å²) in [4.78, 5) is 10.2. The van der Waals surface area contributed by atoms with Gasteiger partial charge in [-0.1, -0.05) is 6.07 Å². The van der Waals surface area contributed by atoms with Crippen LogP contribution in [0.25, 0.3) is 0 Å². The average molecular weight is 193 g/mol. The van der Waals surface area contributed by atoms with E-state index >= 15 is 0 Å². The van der Waals surface area contributed by atoms with Crippen LogP contribution >= 0.6 is 0 Å². The summed E-state index contributed by atoms with van der Waals surface area (Å²) in [5.74, 6) is 0.358. The first-order valence-corrected chi connectivity index (χ1v) is 4.53. The summed E-state index contributed by atoms with van der Waals surface area (Å²) in [6.07, 6.45) is 0.838. The summed E-state index contributed by atoms with van der Waals surface area (Å²) >= 11 is 0. The number of hydrogen-bond acceptors (Lipinski definition) is 3. The van der Waals surface area contributed by atoms with Crippen LogP contribution in [0.1, 0.15) is 5.56 Å². The zero-order chi connectivity index (χ0) is 10.6. The SMILES string of the molecule is BCCOc1cc(C)ccc1[N+](=O)[O-]. The number of nitro benzene ring substituents is 1. The molecule has 1 rings (SSSR count). The van der Waals surface area contributed by atoms with Crippen molar-refractivity contribution in [2.24, 2.45) is 0 Å². The molecular formula is C9H12BNO3. The highest BCUT2D eigenvalue weighted by molar-refractivity contribution is 6.08. The van der Waals surface area contributed by atoms with E-state index in [4.69, 9.17) is 4.74 Å². The van der Waals surface area contributed by atoms with Gasteiger partial charge in [-0.25, -0.2) is 0 Å². The molecule has 0 N–H and O–H groups in total. The second-order valence-electron chi connectivity index (χ2n) is 3.08. The van der Waals surface area contributed by atoms with Crippen LogP contribution in [0.15, 0.2) is 18.2 Å². The van der Waals surface area contributed by atoms with Gasteiger partial charge in [0, 0.05) is 6.07 Å². The Balaban J connectivity index is 2.97. The number of ether oxygens (including phenoxy) is 1. The highest BCUT2D eigenvalue weighted by Crippen LogP contribution is 2.27. The molecule has 0 unspecified atom stereocenters. The molecule has 1 aromatic carbocycles. The van der Waals surface area contributed by atoms with Gasteiger partial charge in [0.15, 0.2) is 5.75 Å². The Morgan fingerprint density at radius 2 is 2.29 bits per heavy atom. The Labute approximate surface area is 83.4 Å². The third kappa shape index (κ3) is 2.48. The summed E-state index contributed by atoms with van der Waals surface area (Å²) < 4.78 is 5.29. The molecule has 0 aliphatic heterocycles. The molecule has 74 valence electrons. The first kappa shape index (κ1) is 10.6. The number of benzene rings is 1. The van der Waals surface area contributed by atoms with E-state index in [1.807, 2.05) is 14.8 Å². The minimum Gasteiger partial charge on any atom is -0.488 e. The predicted octanol–water partition coefficient (Wildman–Crippen LogP) is 1.33. The molecule has 5 heteroatoms. The molecule has 14 heavy (non-hydrogen) atoms. The lowest BCUT2D eigenvalue weighted by atomic mass is 10.1. The molecule has 1 aromatic rings. The van der Waals surface area contributed by atoms with Crippen molar-refractivity contribution < 1.29 is 9.66 Å².